The molecule has 0 saturated heterocycles. The Kier molecular flexibility index (Phi) is 4.83. The summed E-state index contributed by atoms with van der Waals surface area (Å²) in [7, 11) is 0. The first-order valence-corrected chi connectivity index (χ1v) is 8.04. The van der Waals surface area contributed by atoms with Crippen molar-refractivity contribution in [2.24, 2.45) is 0 Å². The van der Waals surface area contributed by atoms with Crippen LogP contribution in [0, 0.1) is 11.6 Å². The molecule has 3 rings (SSSR count). The van der Waals surface area contributed by atoms with Gasteiger partial charge in [-0.1, -0.05) is 0 Å². The van der Waals surface area contributed by atoms with Crippen LogP contribution >= 0.6 is 0 Å². The van der Waals surface area contributed by atoms with Gasteiger partial charge < -0.3 is 14.6 Å². The molecule has 5 nitrogen and oxygen atoms in total. The maximum Gasteiger partial charge on any atom is 0.251 e. The van der Waals surface area contributed by atoms with Crippen molar-refractivity contribution in [3.05, 3.63) is 59.6 Å². The molecule has 7 heteroatoms. The van der Waals surface area contributed by atoms with Gasteiger partial charge in [-0.2, -0.15) is 0 Å². The second kappa shape index (κ2) is 7.04. The van der Waals surface area contributed by atoms with Gasteiger partial charge in [0, 0.05) is 17.7 Å². The fourth-order valence-corrected chi connectivity index (χ4v) is 2.79. The normalized spacial score (nSPS) is 14.8. The summed E-state index contributed by atoms with van der Waals surface area (Å²) in [6.07, 6.45) is 3.35. The van der Waals surface area contributed by atoms with Crippen molar-refractivity contribution in [1.29, 1.82) is 0 Å². The molecule has 2 aromatic rings. The summed E-state index contributed by atoms with van der Waals surface area (Å²) >= 11 is 0. The largest absolute Gasteiger partial charge is 0.467 e. The number of furan rings is 1. The Bertz CT molecular complexity index is 752. The summed E-state index contributed by atoms with van der Waals surface area (Å²) in [5.41, 5.74) is -0.164. The van der Waals surface area contributed by atoms with Gasteiger partial charge in [0.25, 0.3) is 5.91 Å². The molecule has 1 fully saturated rings. The molecular weight excluding hydrogens is 330 g/mol. The Hall–Kier alpha value is -2.70. The number of benzene rings is 1. The van der Waals surface area contributed by atoms with Crippen LogP contribution in [0.5, 0.6) is 0 Å². The lowest BCUT2D eigenvalue weighted by Gasteiger charge is -2.28. The molecule has 1 aliphatic rings. The number of hydrogen-bond acceptors (Lipinski definition) is 3. The van der Waals surface area contributed by atoms with Crippen molar-refractivity contribution in [2.45, 2.75) is 31.8 Å². The molecule has 1 aromatic carbocycles. The molecule has 25 heavy (non-hydrogen) atoms. The van der Waals surface area contributed by atoms with Crippen LogP contribution in [0.25, 0.3) is 0 Å². The summed E-state index contributed by atoms with van der Waals surface area (Å²) in [6.45, 7) is 1.61. The Morgan fingerprint density at radius 1 is 1.28 bits per heavy atom. The molecule has 1 heterocycles. The second-order valence-electron chi connectivity index (χ2n) is 6.06. The fourth-order valence-electron chi connectivity index (χ4n) is 2.79. The Morgan fingerprint density at radius 2 is 1.96 bits per heavy atom. The molecule has 1 aromatic heterocycles. The number of carbonyl (C=O) groups excluding carboxylic acids is 2. The third-order valence-electron chi connectivity index (χ3n) is 4.13. The van der Waals surface area contributed by atoms with Crippen molar-refractivity contribution in [3.63, 3.8) is 0 Å². The minimum absolute atomic E-state index is 0.121. The predicted octanol–water partition coefficient (Wildman–Crippen LogP) is 3.04. The smallest absolute Gasteiger partial charge is 0.251 e. The average Bonchev–Trinajstić information content (AvgIpc) is 3.23. The van der Waals surface area contributed by atoms with Crippen molar-refractivity contribution in [3.8, 4) is 0 Å². The number of rotatable bonds is 6. The minimum Gasteiger partial charge on any atom is -0.467 e. The van der Waals surface area contributed by atoms with E-state index in [0.29, 0.717) is 11.8 Å². The van der Waals surface area contributed by atoms with E-state index >= 15 is 0 Å². The SMILES string of the molecule is C[C@@H](c1ccco1)N(C(=O)CNC(=O)c1cc(F)cc(F)c1)C1CC1. The molecule has 0 unspecified atom stereocenters. The van der Waals surface area contributed by atoms with Gasteiger partial charge >= 0.3 is 0 Å². The highest BCUT2D eigenvalue weighted by Gasteiger charge is 2.37. The highest BCUT2D eigenvalue weighted by atomic mass is 19.1. The summed E-state index contributed by atoms with van der Waals surface area (Å²) in [6, 6.07) is 5.94. The highest BCUT2D eigenvalue weighted by molar-refractivity contribution is 5.96. The van der Waals surface area contributed by atoms with Crippen LogP contribution < -0.4 is 5.32 Å². The van der Waals surface area contributed by atoms with E-state index in [1.807, 2.05) is 6.92 Å². The molecular formula is C18H18F2N2O3. The van der Waals surface area contributed by atoms with Crippen molar-refractivity contribution >= 4 is 11.8 Å². The highest BCUT2D eigenvalue weighted by Crippen LogP contribution is 2.34. The van der Waals surface area contributed by atoms with Crippen LogP contribution in [-0.4, -0.2) is 29.3 Å². The first kappa shape index (κ1) is 17.1. The molecule has 0 aliphatic heterocycles. The van der Waals surface area contributed by atoms with E-state index in [1.54, 1.807) is 23.3 Å². The first-order chi connectivity index (χ1) is 12.0. The molecule has 1 N–H and O–H groups in total. The lowest BCUT2D eigenvalue weighted by Crippen LogP contribution is -2.42. The molecule has 0 spiro atoms. The van der Waals surface area contributed by atoms with Crippen molar-refractivity contribution in [2.75, 3.05) is 6.54 Å². The molecule has 2 amide bonds. The van der Waals surface area contributed by atoms with E-state index in [1.165, 1.54) is 0 Å². The maximum atomic E-state index is 13.2. The monoisotopic (exact) mass is 348 g/mol. The van der Waals surface area contributed by atoms with Crippen LogP contribution in [0.4, 0.5) is 8.78 Å². The number of nitrogens with one attached hydrogen (secondary N) is 1. The third-order valence-corrected chi connectivity index (χ3v) is 4.13. The summed E-state index contributed by atoms with van der Waals surface area (Å²) in [5.74, 6) is -1.99. The zero-order valence-corrected chi connectivity index (χ0v) is 13.7. The van der Waals surface area contributed by atoms with Crippen LogP contribution in [0.3, 0.4) is 0 Å². The van der Waals surface area contributed by atoms with Gasteiger partial charge in [0.1, 0.15) is 17.4 Å². The van der Waals surface area contributed by atoms with Crippen molar-refractivity contribution in [1.82, 2.24) is 10.2 Å². The number of amides is 2. The van der Waals surface area contributed by atoms with Crippen molar-refractivity contribution < 1.29 is 22.8 Å². The van der Waals surface area contributed by atoms with E-state index in [2.05, 4.69) is 5.32 Å². The maximum absolute atomic E-state index is 13.2. The zero-order valence-electron chi connectivity index (χ0n) is 13.7. The fraction of sp³-hybridized carbons (Fsp3) is 0.333. The lowest BCUT2D eigenvalue weighted by atomic mass is 10.2. The Balaban J connectivity index is 1.64. The molecule has 0 bridgehead atoms. The van der Waals surface area contributed by atoms with E-state index in [4.69, 9.17) is 4.42 Å². The summed E-state index contributed by atoms with van der Waals surface area (Å²) in [4.78, 5) is 26.3. The van der Waals surface area contributed by atoms with Crippen LogP contribution in [-0.2, 0) is 4.79 Å². The first-order valence-electron chi connectivity index (χ1n) is 8.04. The van der Waals surface area contributed by atoms with Gasteiger partial charge in [0.2, 0.25) is 5.91 Å². The van der Waals surface area contributed by atoms with Gasteiger partial charge in [-0.05, 0) is 44.0 Å². The molecule has 1 aliphatic carbocycles. The third kappa shape index (κ3) is 4.04. The van der Waals surface area contributed by atoms with E-state index in [9.17, 15) is 18.4 Å². The van der Waals surface area contributed by atoms with Gasteiger partial charge in [-0.25, -0.2) is 8.78 Å². The number of carbonyl (C=O) groups is 2. The number of halogens is 2. The Morgan fingerprint density at radius 3 is 2.52 bits per heavy atom. The van der Waals surface area contributed by atoms with E-state index < -0.39 is 17.5 Å². The standard InChI is InChI=1S/C18H18F2N2O3/c1-11(16-3-2-6-25-16)22(15-4-5-15)17(23)10-21-18(24)12-7-13(19)9-14(20)8-12/h2-3,6-9,11,15H,4-5,10H2,1H3,(H,21,24)/t11-/m0/s1. The zero-order chi connectivity index (χ0) is 18.0. The van der Waals surface area contributed by atoms with Gasteiger partial charge in [0.15, 0.2) is 0 Å². The lowest BCUT2D eigenvalue weighted by molar-refractivity contribution is -0.133. The number of nitrogens with zero attached hydrogens (tertiary/aromatic N) is 1. The van der Waals surface area contributed by atoms with Crippen LogP contribution in [0.15, 0.2) is 41.0 Å². The van der Waals surface area contributed by atoms with Crippen LogP contribution in [0.1, 0.15) is 41.9 Å². The molecule has 132 valence electrons. The average molecular weight is 348 g/mol. The van der Waals surface area contributed by atoms with Crippen LogP contribution in [0.2, 0.25) is 0 Å². The Labute approximate surface area is 143 Å². The molecule has 1 saturated carbocycles. The predicted molar refractivity (Wildman–Crippen MR) is 85.7 cm³/mol. The number of hydrogen-bond donors (Lipinski definition) is 1. The molecule has 0 radical (unpaired) electrons. The minimum atomic E-state index is -0.845. The van der Waals surface area contributed by atoms with Gasteiger partial charge in [-0.15, -0.1) is 0 Å². The second-order valence-corrected chi connectivity index (χ2v) is 6.06. The summed E-state index contributed by atoms with van der Waals surface area (Å²) in [5, 5.41) is 2.42. The van der Waals surface area contributed by atoms with Gasteiger partial charge in [-0.3, -0.25) is 9.59 Å². The van der Waals surface area contributed by atoms with Gasteiger partial charge in [0.05, 0.1) is 18.8 Å². The topological polar surface area (TPSA) is 62.6 Å². The van der Waals surface area contributed by atoms with E-state index in [0.717, 1.165) is 25.0 Å². The summed E-state index contributed by atoms with van der Waals surface area (Å²) < 4.78 is 31.7. The quantitative estimate of drug-likeness (QED) is 0.873. The molecule has 1 atom stereocenters. The van der Waals surface area contributed by atoms with E-state index in [-0.39, 0.29) is 30.1 Å².